The smallest absolute Gasteiger partial charge is 0.255 e. The van der Waals surface area contributed by atoms with E-state index in [4.69, 9.17) is 9.47 Å². The molecule has 4 rings (SSSR count). The van der Waals surface area contributed by atoms with Crippen LogP contribution in [0.15, 0.2) is 67.1 Å². The Balaban J connectivity index is 1.65. The van der Waals surface area contributed by atoms with Gasteiger partial charge in [-0.1, -0.05) is 0 Å². The van der Waals surface area contributed by atoms with Gasteiger partial charge in [-0.3, -0.25) is 9.20 Å². The van der Waals surface area contributed by atoms with Gasteiger partial charge in [0.1, 0.15) is 11.5 Å². The first-order valence-electron chi connectivity index (χ1n) is 8.61. The van der Waals surface area contributed by atoms with Gasteiger partial charge in [0.05, 0.1) is 25.6 Å². The Morgan fingerprint density at radius 1 is 1.07 bits per heavy atom. The Labute approximate surface area is 161 Å². The van der Waals surface area contributed by atoms with Gasteiger partial charge < -0.3 is 14.8 Å². The summed E-state index contributed by atoms with van der Waals surface area (Å²) in [6.45, 7) is 0. The molecule has 0 aliphatic carbocycles. The summed E-state index contributed by atoms with van der Waals surface area (Å²) < 4.78 is 12.4. The highest BCUT2D eigenvalue weighted by molar-refractivity contribution is 6.05. The lowest BCUT2D eigenvalue weighted by molar-refractivity contribution is 0.102. The van der Waals surface area contributed by atoms with Crippen LogP contribution in [0.1, 0.15) is 10.4 Å². The molecular formula is C21H18N4O3. The highest BCUT2D eigenvalue weighted by Crippen LogP contribution is 2.30. The van der Waals surface area contributed by atoms with Crippen molar-refractivity contribution < 1.29 is 14.3 Å². The minimum Gasteiger partial charge on any atom is -0.497 e. The third-order valence-corrected chi connectivity index (χ3v) is 4.33. The number of methoxy groups -OCH3 is 2. The summed E-state index contributed by atoms with van der Waals surface area (Å²) in [7, 11) is 3.15. The summed E-state index contributed by atoms with van der Waals surface area (Å²) in [4.78, 5) is 21.4. The molecule has 7 nitrogen and oxygen atoms in total. The number of imidazole rings is 1. The fraction of sp³-hybridized carbons (Fsp3) is 0.0952. The summed E-state index contributed by atoms with van der Waals surface area (Å²) >= 11 is 0. The maximum atomic E-state index is 12.6. The van der Waals surface area contributed by atoms with E-state index < -0.39 is 0 Å². The highest BCUT2D eigenvalue weighted by Gasteiger charge is 2.13. The Morgan fingerprint density at radius 3 is 2.61 bits per heavy atom. The summed E-state index contributed by atoms with van der Waals surface area (Å²) in [5.74, 6) is 1.62. The largest absolute Gasteiger partial charge is 0.497 e. The second-order valence-corrected chi connectivity index (χ2v) is 6.05. The summed E-state index contributed by atoms with van der Waals surface area (Å²) in [5, 5.41) is 2.90. The van der Waals surface area contributed by atoms with Crippen molar-refractivity contribution in [2.45, 2.75) is 0 Å². The molecular weight excluding hydrogens is 356 g/mol. The van der Waals surface area contributed by atoms with Crippen molar-refractivity contribution in [1.29, 1.82) is 0 Å². The van der Waals surface area contributed by atoms with Gasteiger partial charge in [-0.25, -0.2) is 9.97 Å². The third kappa shape index (κ3) is 3.37. The number of rotatable bonds is 5. The number of anilines is 1. The van der Waals surface area contributed by atoms with Crippen molar-refractivity contribution in [1.82, 2.24) is 14.4 Å². The molecule has 0 atom stereocenters. The average molecular weight is 374 g/mol. The van der Waals surface area contributed by atoms with E-state index in [0.29, 0.717) is 28.5 Å². The summed E-state index contributed by atoms with van der Waals surface area (Å²) in [6, 6.07) is 14.3. The lowest BCUT2D eigenvalue weighted by Gasteiger charge is -2.12. The predicted octanol–water partition coefficient (Wildman–Crippen LogP) is 3.67. The zero-order valence-electron chi connectivity index (χ0n) is 15.4. The van der Waals surface area contributed by atoms with Crippen LogP contribution in [0.5, 0.6) is 11.5 Å². The van der Waals surface area contributed by atoms with Crippen LogP contribution in [0.3, 0.4) is 0 Å². The number of nitrogens with one attached hydrogen (secondary N) is 1. The number of nitrogens with zero attached hydrogens (tertiary/aromatic N) is 3. The van der Waals surface area contributed by atoms with E-state index in [2.05, 4.69) is 15.3 Å². The number of aromatic nitrogens is 3. The number of carbonyl (C=O) groups is 1. The molecule has 0 aliphatic rings. The molecule has 1 N–H and O–H groups in total. The van der Waals surface area contributed by atoms with Crippen molar-refractivity contribution >= 4 is 17.4 Å². The first kappa shape index (κ1) is 17.5. The Kier molecular flexibility index (Phi) is 4.63. The van der Waals surface area contributed by atoms with Crippen LogP contribution >= 0.6 is 0 Å². The average Bonchev–Trinajstić information content (AvgIpc) is 3.18. The van der Waals surface area contributed by atoms with Gasteiger partial charge in [-0.15, -0.1) is 0 Å². The van der Waals surface area contributed by atoms with Crippen LogP contribution in [0, 0.1) is 0 Å². The van der Waals surface area contributed by atoms with Crippen LogP contribution in [0.4, 0.5) is 5.69 Å². The number of fused-ring (bicyclic) bond motifs is 1. The van der Waals surface area contributed by atoms with Crippen molar-refractivity contribution in [3.63, 3.8) is 0 Å². The minimum absolute atomic E-state index is 0.241. The van der Waals surface area contributed by atoms with Gasteiger partial charge >= 0.3 is 0 Å². The number of hydrogen-bond donors (Lipinski definition) is 1. The number of benzene rings is 2. The molecule has 0 bridgehead atoms. The Hall–Kier alpha value is -3.87. The lowest BCUT2D eigenvalue weighted by atomic mass is 10.1. The molecule has 0 saturated heterocycles. The van der Waals surface area contributed by atoms with Crippen LogP contribution < -0.4 is 14.8 Å². The summed E-state index contributed by atoms with van der Waals surface area (Å²) in [5.41, 5.74) is 2.67. The van der Waals surface area contributed by atoms with E-state index in [9.17, 15) is 4.79 Å². The van der Waals surface area contributed by atoms with Gasteiger partial charge in [0, 0.05) is 29.7 Å². The van der Waals surface area contributed by atoms with E-state index >= 15 is 0 Å². The maximum Gasteiger partial charge on any atom is 0.255 e. The van der Waals surface area contributed by atoms with Gasteiger partial charge in [-0.2, -0.15) is 0 Å². The van der Waals surface area contributed by atoms with Crippen molar-refractivity contribution in [3.8, 4) is 22.8 Å². The van der Waals surface area contributed by atoms with E-state index in [1.54, 1.807) is 50.7 Å². The molecule has 0 spiro atoms. The molecule has 2 aromatic carbocycles. The molecule has 28 heavy (non-hydrogen) atoms. The third-order valence-electron chi connectivity index (χ3n) is 4.33. The standard InChI is InChI=1S/C21H18N4O3/c1-27-16-7-4-14(5-8-16)20(26)23-17-12-15(6-9-19(17)28-2)18-13-25-11-3-10-22-21(25)24-18/h3-13H,1-2H3,(H,23,26). The van der Waals surface area contributed by atoms with Crippen LogP contribution in [0.25, 0.3) is 17.0 Å². The molecule has 7 heteroatoms. The molecule has 0 fully saturated rings. The van der Waals surface area contributed by atoms with Crippen LogP contribution in [-0.2, 0) is 0 Å². The van der Waals surface area contributed by atoms with Gasteiger partial charge in [0.15, 0.2) is 0 Å². The van der Waals surface area contributed by atoms with Crippen molar-refractivity contribution in [3.05, 3.63) is 72.7 Å². The molecule has 140 valence electrons. The molecule has 2 heterocycles. The molecule has 4 aromatic rings. The summed E-state index contributed by atoms with van der Waals surface area (Å²) in [6.07, 6.45) is 5.47. The SMILES string of the molecule is COc1ccc(C(=O)Nc2cc(-c3cn4cccnc4n3)ccc2OC)cc1. The Bertz CT molecular complexity index is 1100. The van der Waals surface area contributed by atoms with E-state index in [1.165, 1.54) is 0 Å². The normalized spacial score (nSPS) is 10.6. The van der Waals surface area contributed by atoms with Crippen molar-refractivity contribution in [2.75, 3.05) is 19.5 Å². The van der Waals surface area contributed by atoms with E-state index in [0.717, 1.165) is 11.3 Å². The molecule has 2 aromatic heterocycles. The lowest BCUT2D eigenvalue weighted by Crippen LogP contribution is -2.12. The second kappa shape index (κ2) is 7.40. The monoisotopic (exact) mass is 374 g/mol. The predicted molar refractivity (Wildman–Crippen MR) is 106 cm³/mol. The number of hydrogen-bond acceptors (Lipinski definition) is 5. The zero-order valence-corrected chi connectivity index (χ0v) is 15.4. The van der Waals surface area contributed by atoms with Gasteiger partial charge in [-0.05, 0) is 48.5 Å². The minimum atomic E-state index is -0.241. The van der Waals surface area contributed by atoms with Gasteiger partial charge in [0.2, 0.25) is 5.78 Å². The van der Waals surface area contributed by atoms with Crippen LogP contribution in [0.2, 0.25) is 0 Å². The first-order valence-corrected chi connectivity index (χ1v) is 8.61. The van der Waals surface area contributed by atoms with Crippen LogP contribution in [-0.4, -0.2) is 34.5 Å². The second-order valence-electron chi connectivity index (χ2n) is 6.05. The number of amides is 1. The maximum absolute atomic E-state index is 12.6. The van der Waals surface area contributed by atoms with E-state index in [1.807, 2.05) is 35.0 Å². The van der Waals surface area contributed by atoms with Gasteiger partial charge in [0.25, 0.3) is 5.91 Å². The van der Waals surface area contributed by atoms with E-state index in [-0.39, 0.29) is 5.91 Å². The molecule has 0 saturated carbocycles. The topological polar surface area (TPSA) is 77.8 Å². The molecule has 0 radical (unpaired) electrons. The van der Waals surface area contributed by atoms with Crippen molar-refractivity contribution in [2.24, 2.45) is 0 Å². The fourth-order valence-electron chi connectivity index (χ4n) is 2.87. The highest BCUT2D eigenvalue weighted by atomic mass is 16.5. The number of ether oxygens (including phenoxy) is 2. The Morgan fingerprint density at radius 2 is 1.89 bits per heavy atom. The zero-order chi connectivity index (χ0) is 19.5. The molecule has 0 unspecified atom stereocenters. The number of carbonyl (C=O) groups excluding carboxylic acids is 1. The first-order chi connectivity index (χ1) is 13.7. The fourth-order valence-corrected chi connectivity index (χ4v) is 2.87. The quantitative estimate of drug-likeness (QED) is 0.577. The molecule has 0 aliphatic heterocycles. The molecule has 1 amide bonds.